The van der Waals surface area contributed by atoms with Gasteiger partial charge in [0, 0.05) is 6.54 Å². The van der Waals surface area contributed by atoms with Gasteiger partial charge < -0.3 is 14.7 Å². The van der Waals surface area contributed by atoms with Crippen molar-refractivity contribution in [1.29, 1.82) is 0 Å². The van der Waals surface area contributed by atoms with Crippen LogP contribution in [0.4, 0.5) is 0 Å². The van der Waals surface area contributed by atoms with Crippen molar-refractivity contribution in [2.75, 3.05) is 26.2 Å². The molecule has 0 fully saturated rings. The van der Waals surface area contributed by atoms with Gasteiger partial charge in [0.25, 0.3) is 0 Å². The maximum Gasteiger partial charge on any atom is 0.344 e. The Morgan fingerprint density at radius 2 is 1.96 bits per heavy atom. The molecule has 0 amide bonds. The Labute approximate surface area is 178 Å². The number of rotatable bonds is 9. The Hall–Kier alpha value is -0.950. The minimum absolute atomic E-state index is 0.234. The summed E-state index contributed by atoms with van der Waals surface area (Å²) < 4.78 is 4.50. The fourth-order valence-electron chi connectivity index (χ4n) is 3.20. The average Bonchev–Trinajstić information content (AvgIpc) is 2.69. The number of likely N-dealkylation sites (N-methyl/N-ethyl adjacent to an activating group) is 1. The molecule has 27 heavy (non-hydrogen) atoms. The van der Waals surface area contributed by atoms with Crippen LogP contribution in [0.3, 0.4) is 0 Å². The van der Waals surface area contributed by atoms with E-state index in [1.165, 1.54) is 0 Å². The molecule has 0 heterocycles. The number of alkyl halides is 2. The molecule has 4 nitrogen and oxygen atoms in total. The first-order valence-corrected chi connectivity index (χ1v) is 11.0. The van der Waals surface area contributed by atoms with Gasteiger partial charge in [-0.3, -0.25) is 0 Å². The van der Waals surface area contributed by atoms with E-state index in [1.807, 2.05) is 24.3 Å². The van der Waals surface area contributed by atoms with E-state index in [4.69, 9.17) is 4.74 Å². The van der Waals surface area contributed by atoms with Crippen LogP contribution < -0.4 is 0 Å². The van der Waals surface area contributed by atoms with Crippen molar-refractivity contribution in [3.8, 4) is 0 Å². The number of carbonyl (C=O) groups excluding carboxylic acids is 1. The molecule has 0 radical (unpaired) electrons. The van der Waals surface area contributed by atoms with Gasteiger partial charge in [-0.25, -0.2) is 4.79 Å². The summed E-state index contributed by atoms with van der Waals surface area (Å²) in [5.74, 6) is -0.664. The van der Waals surface area contributed by atoms with Gasteiger partial charge in [0.15, 0.2) is 0 Å². The molecule has 0 bridgehead atoms. The molecule has 6 heteroatoms. The zero-order valence-electron chi connectivity index (χ0n) is 15.8. The largest absolute Gasteiger partial charge is 0.462 e. The van der Waals surface area contributed by atoms with Crippen LogP contribution in [0.2, 0.25) is 0 Å². The molecule has 0 saturated heterocycles. The van der Waals surface area contributed by atoms with Crippen LogP contribution in [0.1, 0.15) is 25.8 Å². The van der Waals surface area contributed by atoms with E-state index in [-0.39, 0.29) is 11.4 Å². The first-order valence-electron chi connectivity index (χ1n) is 9.26. The molecule has 1 aromatic carbocycles. The second-order valence-corrected chi connectivity index (χ2v) is 8.86. The number of benzene rings is 1. The van der Waals surface area contributed by atoms with E-state index < -0.39 is 15.9 Å². The van der Waals surface area contributed by atoms with Gasteiger partial charge in [0.05, 0.1) is 4.83 Å². The maximum atomic E-state index is 13.1. The van der Waals surface area contributed by atoms with E-state index in [0.717, 1.165) is 19.5 Å². The van der Waals surface area contributed by atoms with Gasteiger partial charge >= 0.3 is 5.97 Å². The number of hydrogen-bond donors (Lipinski definition) is 1. The maximum absolute atomic E-state index is 13.1. The summed E-state index contributed by atoms with van der Waals surface area (Å²) in [6, 6.07) is 8.94. The Balaban J connectivity index is 2.27. The highest BCUT2D eigenvalue weighted by molar-refractivity contribution is 9.12. The summed E-state index contributed by atoms with van der Waals surface area (Å²) in [4.78, 5) is 15.1. The lowest BCUT2D eigenvalue weighted by atomic mass is 9.77. The molecule has 3 unspecified atom stereocenters. The predicted molar refractivity (Wildman–Crippen MR) is 116 cm³/mol. The number of hydrogen-bond acceptors (Lipinski definition) is 4. The SMILES string of the molecule is CCCN(CC)CCOC(=O)C(O)(c1ccccc1)C1(Br)C=CC=CC1Br. The van der Waals surface area contributed by atoms with Crippen LogP contribution in [-0.2, 0) is 15.1 Å². The lowest BCUT2D eigenvalue weighted by molar-refractivity contribution is -0.169. The summed E-state index contributed by atoms with van der Waals surface area (Å²) in [6.07, 6.45) is 8.40. The number of ether oxygens (including phenoxy) is 1. The lowest BCUT2D eigenvalue weighted by Gasteiger charge is -2.43. The first-order chi connectivity index (χ1) is 12.9. The molecule has 0 aromatic heterocycles. The summed E-state index contributed by atoms with van der Waals surface area (Å²) in [6.45, 7) is 6.93. The third kappa shape index (κ3) is 4.73. The number of nitrogens with zero attached hydrogens (tertiary/aromatic N) is 1. The number of carbonyl (C=O) groups is 1. The van der Waals surface area contributed by atoms with Gasteiger partial charge in [0.1, 0.15) is 10.9 Å². The summed E-state index contributed by atoms with van der Waals surface area (Å²) in [5, 5.41) is 11.7. The van der Waals surface area contributed by atoms with E-state index in [0.29, 0.717) is 12.1 Å². The third-order valence-electron chi connectivity index (χ3n) is 4.80. The second-order valence-electron chi connectivity index (χ2n) is 6.56. The number of halogens is 2. The fraction of sp³-hybridized carbons (Fsp3) is 0.476. The summed E-state index contributed by atoms with van der Waals surface area (Å²) in [5.41, 5.74) is -1.40. The Bertz CT molecular complexity index is 679. The van der Waals surface area contributed by atoms with Gasteiger partial charge in [-0.15, -0.1) is 0 Å². The van der Waals surface area contributed by atoms with Crippen molar-refractivity contribution in [2.45, 2.75) is 35.0 Å². The molecule has 1 aliphatic rings. The smallest absolute Gasteiger partial charge is 0.344 e. The van der Waals surface area contributed by atoms with Crippen LogP contribution in [0.25, 0.3) is 0 Å². The van der Waals surface area contributed by atoms with Crippen molar-refractivity contribution < 1.29 is 14.6 Å². The van der Waals surface area contributed by atoms with Crippen molar-refractivity contribution in [3.05, 3.63) is 60.2 Å². The van der Waals surface area contributed by atoms with Crippen molar-refractivity contribution in [3.63, 3.8) is 0 Å². The van der Waals surface area contributed by atoms with Crippen LogP contribution in [0.15, 0.2) is 54.6 Å². The molecular formula is C21H27Br2NO3. The van der Waals surface area contributed by atoms with E-state index in [2.05, 4.69) is 50.6 Å². The molecule has 1 N–H and O–H groups in total. The zero-order chi connectivity index (χ0) is 19.9. The van der Waals surface area contributed by atoms with Gasteiger partial charge in [-0.05, 0) is 25.1 Å². The molecule has 2 rings (SSSR count). The lowest BCUT2D eigenvalue weighted by Crippen LogP contribution is -2.57. The minimum atomic E-state index is -1.88. The molecule has 1 aromatic rings. The zero-order valence-corrected chi connectivity index (χ0v) is 18.9. The van der Waals surface area contributed by atoms with E-state index in [1.54, 1.807) is 30.3 Å². The molecule has 1 aliphatic carbocycles. The van der Waals surface area contributed by atoms with Crippen LogP contribution in [-0.4, -0.2) is 51.4 Å². The minimum Gasteiger partial charge on any atom is -0.462 e. The highest BCUT2D eigenvalue weighted by atomic mass is 79.9. The van der Waals surface area contributed by atoms with Crippen LogP contribution >= 0.6 is 31.9 Å². The van der Waals surface area contributed by atoms with Crippen molar-refractivity contribution in [2.24, 2.45) is 0 Å². The Morgan fingerprint density at radius 1 is 1.26 bits per heavy atom. The van der Waals surface area contributed by atoms with Crippen molar-refractivity contribution in [1.82, 2.24) is 4.90 Å². The molecule has 148 valence electrons. The average molecular weight is 501 g/mol. The fourth-order valence-corrected chi connectivity index (χ4v) is 4.56. The van der Waals surface area contributed by atoms with Gasteiger partial charge in [0.2, 0.25) is 5.60 Å². The Morgan fingerprint density at radius 3 is 2.56 bits per heavy atom. The Kier molecular flexibility index (Phi) is 8.28. The number of aliphatic hydroxyl groups is 1. The molecule has 0 aliphatic heterocycles. The molecule has 3 atom stereocenters. The quantitative estimate of drug-likeness (QED) is 0.408. The molecule has 0 saturated carbocycles. The second kappa shape index (κ2) is 10.0. The first kappa shape index (κ1) is 22.3. The normalized spacial score (nSPS) is 24.0. The monoisotopic (exact) mass is 499 g/mol. The number of allylic oxidation sites excluding steroid dienone is 3. The highest BCUT2D eigenvalue weighted by Gasteiger charge is 2.58. The van der Waals surface area contributed by atoms with E-state index >= 15 is 0 Å². The highest BCUT2D eigenvalue weighted by Crippen LogP contribution is 2.48. The third-order valence-corrected chi connectivity index (χ3v) is 7.77. The van der Waals surface area contributed by atoms with E-state index in [9.17, 15) is 9.90 Å². The summed E-state index contributed by atoms with van der Waals surface area (Å²) in [7, 11) is 0. The summed E-state index contributed by atoms with van der Waals surface area (Å²) >= 11 is 7.21. The predicted octanol–water partition coefficient (Wildman–Crippen LogP) is 4.17. The van der Waals surface area contributed by atoms with Crippen LogP contribution in [0, 0.1) is 0 Å². The molecule has 0 spiro atoms. The number of esters is 1. The van der Waals surface area contributed by atoms with Crippen LogP contribution in [0.5, 0.6) is 0 Å². The molecular weight excluding hydrogens is 474 g/mol. The topological polar surface area (TPSA) is 49.8 Å². The van der Waals surface area contributed by atoms with Crippen molar-refractivity contribution >= 4 is 37.8 Å². The van der Waals surface area contributed by atoms with Gasteiger partial charge in [-0.1, -0.05) is 100 Å². The van der Waals surface area contributed by atoms with Gasteiger partial charge in [-0.2, -0.15) is 0 Å². The standard InChI is InChI=1S/C21H27Br2NO3/c1-3-14-24(4-2)15-16-27-19(25)21(26,17-10-6-5-7-11-17)20(23)13-9-8-12-18(20)22/h5-13,18,26H,3-4,14-16H2,1-2H3.